The van der Waals surface area contributed by atoms with Crippen LogP contribution in [0.15, 0.2) is 78.9 Å². The van der Waals surface area contributed by atoms with Gasteiger partial charge in [0.15, 0.2) is 0 Å². The molecule has 4 rings (SSSR count). The van der Waals surface area contributed by atoms with E-state index in [-0.39, 0.29) is 5.82 Å². The van der Waals surface area contributed by atoms with E-state index in [0.717, 1.165) is 34.9 Å². The average molecular weight is 459 g/mol. The van der Waals surface area contributed by atoms with Gasteiger partial charge in [0.1, 0.15) is 5.82 Å². The van der Waals surface area contributed by atoms with Crippen LogP contribution < -0.4 is 0 Å². The van der Waals surface area contributed by atoms with Gasteiger partial charge in [-0.15, -0.1) is 0 Å². The molecule has 0 saturated heterocycles. The lowest BCUT2D eigenvalue weighted by Gasteiger charge is -2.03. The lowest BCUT2D eigenvalue weighted by atomic mass is 10.0. The molecule has 174 valence electrons. The van der Waals surface area contributed by atoms with Gasteiger partial charge in [-0.2, -0.15) is 0 Å². The highest BCUT2D eigenvalue weighted by atomic mass is 19.1. The Morgan fingerprint density at radius 2 is 1.23 bits per heavy atom. The third-order valence-electron chi connectivity index (χ3n) is 6.28. The maximum absolute atomic E-state index is 15.2. The fourth-order valence-corrected chi connectivity index (χ4v) is 4.08. The quantitative estimate of drug-likeness (QED) is 0.201. The summed E-state index contributed by atoms with van der Waals surface area (Å²) in [6.07, 6.45) is 7.17. The van der Waals surface area contributed by atoms with Crippen molar-refractivity contribution in [2.75, 3.05) is 0 Å². The fraction of sp³-hybridized carbons (Fsp3) is 0.235. The van der Waals surface area contributed by atoms with Gasteiger partial charge >= 0.3 is 0 Å². The van der Waals surface area contributed by atoms with Crippen LogP contribution in [-0.4, -0.2) is 0 Å². The van der Waals surface area contributed by atoms with Crippen LogP contribution in [0.3, 0.4) is 0 Å². The van der Waals surface area contributed by atoms with Crippen LogP contribution in [-0.2, 0) is 12.8 Å². The van der Waals surface area contributed by atoms with Gasteiger partial charge in [0.05, 0.1) is 5.56 Å². The van der Waals surface area contributed by atoms with Crippen LogP contribution in [0.5, 0.6) is 0 Å². The molecule has 0 N–H and O–H groups in total. The van der Waals surface area contributed by atoms with E-state index in [2.05, 4.69) is 61.8 Å². The van der Waals surface area contributed by atoms with Crippen molar-refractivity contribution >= 4 is 10.8 Å². The molecule has 0 saturated carbocycles. The Morgan fingerprint density at radius 3 is 1.91 bits per heavy atom. The molecule has 0 radical (unpaired) electrons. The summed E-state index contributed by atoms with van der Waals surface area (Å²) in [5.74, 6) is 12.2. The molecule has 35 heavy (non-hydrogen) atoms. The summed E-state index contributed by atoms with van der Waals surface area (Å²) in [4.78, 5) is 0. The molecule has 0 nitrogen and oxygen atoms in total. The van der Waals surface area contributed by atoms with Crippen molar-refractivity contribution in [1.82, 2.24) is 0 Å². The van der Waals surface area contributed by atoms with Gasteiger partial charge in [-0.05, 0) is 78.2 Å². The largest absolute Gasteiger partial charge is 0.205 e. The van der Waals surface area contributed by atoms with Crippen molar-refractivity contribution in [2.45, 2.75) is 52.4 Å². The van der Waals surface area contributed by atoms with E-state index < -0.39 is 0 Å². The lowest BCUT2D eigenvalue weighted by Crippen LogP contribution is -1.88. The van der Waals surface area contributed by atoms with Crippen molar-refractivity contribution in [3.05, 3.63) is 118 Å². The molecule has 0 aliphatic carbocycles. The number of hydrogen-bond acceptors (Lipinski definition) is 0. The highest BCUT2D eigenvalue weighted by Crippen LogP contribution is 2.22. The van der Waals surface area contributed by atoms with E-state index in [1.807, 2.05) is 42.5 Å². The Balaban J connectivity index is 1.48. The zero-order valence-electron chi connectivity index (χ0n) is 20.6. The molecule has 1 heteroatoms. The topological polar surface area (TPSA) is 0 Å². The zero-order valence-corrected chi connectivity index (χ0v) is 20.6. The first kappa shape index (κ1) is 24.3. The van der Waals surface area contributed by atoms with Gasteiger partial charge in [-0.3, -0.25) is 0 Å². The van der Waals surface area contributed by atoms with E-state index >= 15 is 4.39 Å². The second-order valence-electron chi connectivity index (χ2n) is 8.92. The molecule has 0 aliphatic heterocycles. The Hall–Kier alpha value is -3.81. The Bertz CT molecular complexity index is 1400. The van der Waals surface area contributed by atoms with Gasteiger partial charge in [0.25, 0.3) is 0 Å². The van der Waals surface area contributed by atoms with Crippen molar-refractivity contribution in [1.29, 1.82) is 0 Å². The maximum atomic E-state index is 15.2. The van der Waals surface area contributed by atoms with E-state index in [4.69, 9.17) is 0 Å². The lowest BCUT2D eigenvalue weighted by molar-refractivity contribution is 0.636. The minimum absolute atomic E-state index is 0.280. The summed E-state index contributed by atoms with van der Waals surface area (Å²) in [6.45, 7) is 4.37. The predicted octanol–water partition coefficient (Wildman–Crippen LogP) is 8.46. The van der Waals surface area contributed by atoms with Gasteiger partial charge in [-0.1, -0.05) is 93.2 Å². The first-order valence-electron chi connectivity index (χ1n) is 12.6. The summed E-state index contributed by atoms with van der Waals surface area (Å²) in [7, 11) is 0. The van der Waals surface area contributed by atoms with Gasteiger partial charge < -0.3 is 0 Å². The summed E-state index contributed by atoms with van der Waals surface area (Å²) < 4.78 is 15.2. The highest BCUT2D eigenvalue weighted by molar-refractivity contribution is 5.86. The predicted molar refractivity (Wildman–Crippen MR) is 146 cm³/mol. The van der Waals surface area contributed by atoms with Gasteiger partial charge in [0.2, 0.25) is 0 Å². The third kappa shape index (κ3) is 6.62. The molecular formula is C34H31F. The number of rotatable bonds is 6. The van der Waals surface area contributed by atoms with Crippen molar-refractivity contribution in [3.63, 3.8) is 0 Å². The molecule has 0 bridgehead atoms. The van der Waals surface area contributed by atoms with Crippen LogP contribution in [0.25, 0.3) is 10.8 Å². The van der Waals surface area contributed by atoms with E-state index in [1.54, 1.807) is 12.1 Å². The highest BCUT2D eigenvalue weighted by Gasteiger charge is 2.06. The van der Waals surface area contributed by atoms with E-state index in [1.165, 1.54) is 36.8 Å². The number of unbranched alkanes of at least 4 members (excludes halogenated alkanes) is 3. The van der Waals surface area contributed by atoms with Crippen LogP contribution in [0.2, 0.25) is 0 Å². The molecule has 0 aromatic heterocycles. The Kier molecular flexibility index (Phi) is 8.38. The van der Waals surface area contributed by atoms with E-state index in [0.29, 0.717) is 10.9 Å². The minimum atomic E-state index is -0.280. The summed E-state index contributed by atoms with van der Waals surface area (Å²) in [5.41, 5.74) is 5.79. The SMILES string of the molecule is CCCCCCc1ccc(C#Cc2ccc3cc(C#Cc4ccc(CC)cc4)ccc3c2F)cc1. The number of benzene rings is 4. The molecular weight excluding hydrogens is 427 g/mol. The first-order valence-corrected chi connectivity index (χ1v) is 12.6. The monoisotopic (exact) mass is 458 g/mol. The molecule has 0 heterocycles. The molecule has 0 aliphatic rings. The number of hydrogen-bond donors (Lipinski definition) is 0. The van der Waals surface area contributed by atoms with Crippen LogP contribution in [0.4, 0.5) is 4.39 Å². The molecule has 0 amide bonds. The Morgan fingerprint density at radius 1 is 0.600 bits per heavy atom. The molecule has 0 fully saturated rings. The van der Waals surface area contributed by atoms with Crippen LogP contribution in [0.1, 0.15) is 72.9 Å². The molecule has 0 unspecified atom stereocenters. The van der Waals surface area contributed by atoms with E-state index in [9.17, 15) is 0 Å². The second-order valence-corrected chi connectivity index (χ2v) is 8.92. The molecule has 4 aromatic rings. The van der Waals surface area contributed by atoms with Gasteiger partial charge in [-0.25, -0.2) is 4.39 Å². The zero-order chi connectivity index (χ0) is 24.5. The van der Waals surface area contributed by atoms with Crippen molar-refractivity contribution in [2.24, 2.45) is 0 Å². The maximum Gasteiger partial charge on any atom is 0.146 e. The van der Waals surface area contributed by atoms with Crippen LogP contribution in [0, 0.1) is 29.5 Å². The molecule has 4 aromatic carbocycles. The fourth-order valence-electron chi connectivity index (χ4n) is 4.08. The second kappa shape index (κ2) is 12.1. The summed E-state index contributed by atoms with van der Waals surface area (Å²) in [5, 5.41) is 1.39. The van der Waals surface area contributed by atoms with Crippen molar-refractivity contribution in [3.8, 4) is 23.7 Å². The normalized spacial score (nSPS) is 10.4. The average Bonchev–Trinajstić information content (AvgIpc) is 2.90. The summed E-state index contributed by atoms with van der Waals surface area (Å²) in [6, 6.07) is 25.9. The smallest absolute Gasteiger partial charge is 0.146 e. The first-order chi connectivity index (χ1) is 17.2. The van der Waals surface area contributed by atoms with Crippen molar-refractivity contribution < 1.29 is 4.39 Å². The number of aryl methyl sites for hydroxylation is 2. The summed E-state index contributed by atoms with van der Waals surface area (Å²) >= 11 is 0. The van der Waals surface area contributed by atoms with Crippen LogP contribution >= 0.6 is 0 Å². The number of fused-ring (bicyclic) bond motifs is 1. The minimum Gasteiger partial charge on any atom is -0.205 e. The molecule has 0 spiro atoms. The van der Waals surface area contributed by atoms with Gasteiger partial charge in [0, 0.05) is 22.1 Å². The molecule has 0 atom stereocenters. The number of halogens is 1. The standard InChI is InChI=1S/C34H31F/c1-3-5-6-7-8-27-13-15-29(16-14-27)19-21-31-22-23-32-25-30(20-24-33(32)34(31)35)18-17-28-11-9-26(4-2)10-12-28/h9-16,20,22-25H,3-8H2,1-2H3. The Labute approximate surface area is 209 Å². The third-order valence-corrected chi connectivity index (χ3v) is 6.28.